The lowest BCUT2D eigenvalue weighted by molar-refractivity contribution is 0.0235. The van der Waals surface area contributed by atoms with Crippen molar-refractivity contribution < 1.29 is 9.53 Å². The maximum absolute atomic E-state index is 12.2. The Morgan fingerprint density at radius 3 is 2.81 bits per heavy atom. The lowest BCUT2D eigenvalue weighted by Crippen LogP contribution is -2.42. The second-order valence-electron chi connectivity index (χ2n) is 6.44. The van der Waals surface area contributed by atoms with E-state index in [0.29, 0.717) is 6.54 Å². The Balaban J connectivity index is 1.93. The fourth-order valence-corrected chi connectivity index (χ4v) is 2.49. The van der Waals surface area contributed by atoms with Crippen molar-refractivity contribution in [2.45, 2.75) is 45.3 Å². The Kier molecular flexibility index (Phi) is 4.60. The van der Waals surface area contributed by atoms with E-state index in [-0.39, 0.29) is 12.1 Å². The number of amides is 1. The highest BCUT2D eigenvalue weighted by Crippen LogP contribution is 2.23. The zero-order chi connectivity index (χ0) is 15.5. The Morgan fingerprint density at radius 2 is 2.14 bits per heavy atom. The van der Waals surface area contributed by atoms with Crippen molar-refractivity contribution in [2.75, 3.05) is 24.1 Å². The summed E-state index contributed by atoms with van der Waals surface area (Å²) in [5, 5.41) is 3.33. The predicted octanol–water partition coefficient (Wildman–Crippen LogP) is 3.08. The molecule has 1 aromatic rings. The van der Waals surface area contributed by atoms with Gasteiger partial charge in [0.1, 0.15) is 5.60 Å². The summed E-state index contributed by atoms with van der Waals surface area (Å²) in [7, 11) is 0. The van der Waals surface area contributed by atoms with Crippen LogP contribution in [0.2, 0.25) is 0 Å². The van der Waals surface area contributed by atoms with E-state index in [9.17, 15) is 4.79 Å². The van der Waals surface area contributed by atoms with Gasteiger partial charge in [0.2, 0.25) is 0 Å². The fourth-order valence-electron chi connectivity index (χ4n) is 2.49. The maximum Gasteiger partial charge on any atom is 0.410 e. The molecule has 5 heteroatoms. The molecule has 0 unspecified atom stereocenters. The van der Waals surface area contributed by atoms with Gasteiger partial charge in [0, 0.05) is 13.1 Å². The molecule has 1 aromatic carbocycles. The third-order valence-corrected chi connectivity index (χ3v) is 3.49. The van der Waals surface area contributed by atoms with E-state index in [1.807, 2.05) is 49.9 Å². The smallest absolute Gasteiger partial charge is 0.410 e. The summed E-state index contributed by atoms with van der Waals surface area (Å²) in [6, 6.07) is 7.81. The van der Waals surface area contributed by atoms with E-state index in [0.717, 1.165) is 30.8 Å². The number of ether oxygens (including phenoxy) is 1. The standard InChI is InChI=1S/C16H25N3O2/c1-16(2,3)21-15(20)19-10-6-7-12(19)11-18-14-9-5-4-8-13(14)17/h4-5,8-9,12,18H,6-7,10-11,17H2,1-3H3/t12-/m1/s1. The number of para-hydroxylation sites is 2. The molecule has 5 nitrogen and oxygen atoms in total. The van der Waals surface area contributed by atoms with Gasteiger partial charge in [-0.25, -0.2) is 4.79 Å². The zero-order valence-corrected chi connectivity index (χ0v) is 13.1. The fraction of sp³-hybridized carbons (Fsp3) is 0.562. The van der Waals surface area contributed by atoms with E-state index in [4.69, 9.17) is 10.5 Å². The topological polar surface area (TPSA) is 67.6 Å². The Bertz CT molecular complexity index is 497. The van der Waals surface area contributed by atoms with Gasteiger partial charge in [-0.05, 0) is 45.7 Å². The molecule has 1 heterocycles. The van der Waals surface area contributed by atoms with Crippen LogP contribution in [0.3, 0.4) is 0 Å². The molecule has 1 aliphatic heterocycles. The molecule has 3 N–H and O–H groups in total. The second-order valence-corrected chi connectivity index (χ2v) is 6.44. The summed E-state index contributed by atoms with van der Waals surface area (Å²) in [5.41, 5.74) is 7.09. The van der Waals surface area contributed by atoms with Crippen LogP contribution in [-0.4, -0.2) is 35.7 Å². The van der Waals surface area contributed by atoms with Crippen LogP contribution in [0.15, 0.2) is 24.3 Å². The molecule has 2 rings (SSSR count). The van der Waals surface area contributed by atoms with Crippen LogP contribution >= 0.6 is 0 Å². The third kappa shape index (κ3) is 4.28. The van der Waals surface area contributed by atoms with E-state index >= 15 is 0 Å². The summed E-state index contributed by atoms with van der Waals surface area (Å²) in [5.74, 6) is 0. The van der Waals surface area contributed by atoms with Gasteiger partial charge in [-0.3, -0.25) is 0 Å². The average Bonchev–Trinajstić information content (AvgIpc) is 2.84. The summed E-state index contributed by atoms with van der Waals surface area (Å²) in [6.07, 6.45) is 1.77. The molecule has 1 atom stereocenters. The number of likely N-dealkylation sites (tertiary alicyclic amines) is 1. The van der Waals surface area contributed by atoms with Gasteiger partial charge in [-0.15, -0.1) is 0 Å². The van der Waals surface area contributed by atoms with Crippen LogP contribution in [0.4, 0.5) is 16.2 Å². The van der Waals surface area contributed by atoms with Crippen molar-refractivity contribution in [3.8, 4) is 0 Å². The minimum atomic E-state index is -0.457. The van der Waals surface area contributed by atoms with Gasteiger partial charge in [0.25, 0.3) is 0 Å². The first-order chi connectivity index (χ1) is 9.87. The van der Waals surface area contributed by atoms with E-state index in [2.05, 4.69) is 5.32 Å². The Hall–Kier alpha value is -1.91. The monoisotopic (exact) mass is 291 g/mol. The molecule has 0 radical (unpaired) electrons. The zero-order valence-electron chi connectivity index (χ0n) is 13.1. The number of nitrogens with zero attached hydrogens (tertiary/aromatic N) is 1. The van der Waals surface area contributed by atoms with Gasteiger partial charge in [0.15, 0.2) is 0 Å². The predicted molar refractivity (Wildman–Crippen MR) is 85.3 cm³/mol. The summed E-state index contributed by atoms with van der Waals surface area (Å²) >= 11 is 0. The first-order valence-electron chi connectivity index (χ1n) is 7.45. The molecule has 116 valence electrons. The number of nitrogens with two attached hydrogens (primary N) is 1. The number of rotatable bonds is 3. The second kappa shape index (κ2) is 6.24. The molecule has 1 fully saturated rings. The molecular weight excluding hydrogens is 266 g/mol. The molecule has 0 aromatic heterocycles. The number of nitrogen functional groups attached to an aromatic ring is 1. The van der Waals surface area contributed by atoms with Crippen molar-refractivity contribution >= 4 is 17.5 Å². The van der Waals surface area contributed by atoms with Crippen molar-refractivity contribution in [1.82, 2.24) is 4.90 Å². The largest absolute Gasteiger partial charge is 0.444 e. The van der Waals surface area contributed by atoms with Crippen LogP contribution in [0.25, 0.3) is 0 Å². The maximum atomic E-state index is 12.2. The van der Waals surface area contributed by atoms with Gasteiger partial charge < -0.3 is 20.7 Å². The normalized spacial score (nSPS) is 18.6. The van der Waals surface area contributed by atoms with Crippen LogP contribution in [0.1, 0.15) is 33.6 Å². The lowest BCUT2D eigenvalue weighted by atomic mass is 10.2. The number of hydrogen-bond donors (Lipinski definition) is 2. The molecule has 0 bridgehead atoms. The van der Waals surface area contributed by atoms with Crippen molar-refractivity contribution in [2.24, 2.45) is 0 Å². The molecule has 0 aliphatic carbocycles. The quantitative estimate of drug-likeness (QED) is 0.840. The van der Waals surface area contributed by atoms with Crippen molar-refractivity contribution in [1.29, 1.82) is 0 Å². The highest BCUT2D eigenvalue weighted by atomic mass is 16.6. The molecule has 21 heavy (non-hydrogen) atoms. The first-order valence-corrected chi connectivity index (χ1v) is 7.45. The molecular formula is C16H25N3O2. The Morgan fingerprint density at radius 1 is 1.43 bits per heavy atom. The van der Waals surface area contributed by atoms with Crippen LogP contribution in [-0.2, 0) is 4.74 Å². The number of carbonyl (C=O) groups excluding carboxylic acids is 1. The number of anilines is 2. The van der Waals surface area contributed by atoms with Gasteiger partial charge in [-0.2, -0.15) is 0 Å². The molecule has 1 saturated heterocycles. The number of hydrogen-bond acceptors (Lipinski definition) is 4. The van der Waals surface area contributed by atoms with E-state index < -0.39 is 5.60 Å². The SMILES string of the molecule is CC(C)(C)OC(=O)N1CCC[C@@H]1CNc1ccccc1N. The minimum absolute atomic E-state index is 0.152. The molecule has 0 saturated carbocycles. The molecule has 1 aliphatic rings. The first kappa shape index (κ1) is 15.5. The lowest BCUT2D eigenvalue weighted by Gasteiger charge is -2.29. The summed E-state index contributed by atoms with van der Waals surface area (Å²) in [6.45, 7) is 7.11. The van der Waals surface area contributed by atoms with Gasteiger partial charge >= 0.3 is 6.09 Å². The number of nitrogens with one attached hydrogen (secondary N) is 1. The van der Waals surface area contributed by atoms with E-state index in [1.165, 1.54) is 0 Å². The van der Waals surface area contributed by atoms with Crippen LogP contribution < -0.4 is 11.1 Å². The third-order valence-electron chi connectivity index (χ3n) is 3.49. The molecule has 1 amide bonds. The number of benzene rings is 1. The minimum Gasteiger partial charge on any atom is -0.444 e. The van der Waals surface area contributed by atoms with Gasteiger partial charge in [-0.1, -0.05) is 12.1 Å². The summed E-state index contributed by atoms with van der Waals surface area (Å²) in [4.78, 5) is 14.0. The van der Waals surface area contributed by atoms with Crippen molar-refractivity contribution in [3.05, 3.63) is 24.3 Å². The van der Waals surface area contributed by atoms with Crippen LogP contribution in [0.5, 0.6) is 0 Å². The highest BCUT2D eigenvalue weighted by Gasteiger charge is 2.31. The van der Waals surface area contributed by atoms with Gasteiger partial charge in [0.05, 0.1) is 17.4 Å². The summed E-state index contributed by atoms with van der Waals surface area (Å²) < 4.78 is 5.46. The van der Waals surface area contributed by atoms with Crippen LogP contribution in [0, 0.1) is 0 Å². The number of carbonyl (C=O) groups is 1. The van der Waals surface area contributed by atoms with E-state index in [1.54, 1.807) is 0 Å². The average molecular weight is 291 g/mol. The molecule has 0 spiro atoms. The van der Waals surface area contributed by atoms with Crippen molar-refractivity contribution in [3.63, 3.8) is 0 Å². The Labute approximate surface area is 126 Å². The highest BCUT2D eigenvalue weighted by molar-refractivity contribution is 5.69.